The Kier molecular flexibility index (Phi) is 7.24. The van der Waals surface area contributed by atoms with Crippen LogP contribution in [0.15, 0.2) is 42.6 Å². The van der Waals surface area contributed by atoms with Crippen LogP contribution in [0.3, 0.4) is 0 Å². The molecule has 1 aromatic heterocycles. The average Bonchev–Trinajstić information content (AvgIpc) is 3.29. The van der Waals surface area contributed by atoms with Gasteiger partial charge in [0.05, 0.1) is 30.9 Å². The van der Waals surface area contributed by atoms with Gasteiger partial charge in [-0.1, -0.05) is 23.4 Å². The summed E-state index contributed by atoms with van der Waals surface area (Å²) in [5.74, 6) is -1.04. The Labute approximate surface area is 195 Å². The van der Waals surface area contributed by atoms with Crippen molar-refractivity contribution in [3.8, 4) is 11.3 Å². The molecule has 1 saturated heterocycles. The Hall–Kier alpha value is -3.70. The highest BCUT2D eigenvalue weighted by atomic mass is 19.1. The van der Waals surface area contributed by atoms with Crippen LogP contribution in [-0.4, -0.2) is 70.1 Å². The van der Waals surface area contributed by atoms with Crippen LogP contribution in [0.4, 0.5) is 10.1 Å². The molecule has 1 fully saturated rings. The predicted molar refractivity (Wildman–Crippen MR) is 122 cm³/mol. The van der Waals surface area contributed by atoms with Gasteiger partial charge in [-0.15, -0.1) is 5.10 Å². The smallest absolute Gasteiger partial charge is 0.305 e. The molecule has 0 spiro atoms. The van der Waals surface area contributed by atoms with Gasteiger partial charge in [0.15, 0.2) is 0 Å². The summed E-state index contributed by atoms with van der Waals surface area (Å²) in [6.07, 6.45) is 1.68. The van der Waals surface area contributed by atoms with Gasteiger partial charge >= 0.3 is 5.69 Å². The molecule has 0 aliphatic carbocycles. The van der Waals surface area contributed by atoms with Crippen molar-refractivity contribution < 1.29 is 18.8 Å². The highest BCUT2D eigenvalue weighted by molar-refractivity contribution is 5.96. The lowest BCUT2D eigenvalue weighted by Crippen LogP contribution is -2.41. The first-order valence-electron chi connectivity index (χ1n) is 10.9. The van der Waals surface area contributed by atoms with E-state index in [1.54, 1.807) is 12.3 Å². The number of ether oxygens (including phenoxy) is 1. The maximum Gasteiger partial charge on any atom is 0.305 e. The zero-order valence-corrected chi connectivity index (χ0v) is 18.7. The number of hydrogen-bond donors (Lipinski definition) is 1. The third kappa shape index (κ3) is 5.61. The maximum absolute atomic E-state index is 13.6. The van der Waals surface area contributed by atoms with Crippen LogP contribution in [0, 0.1) is 22.9 Å². The molecule has 0 unspecified atom stereocenters. The summed E-state index contributed by atoms with van der Waals surface area (Å²) in [7, 11) is 0. The van der Waals surface area contributed by atoms with Crippen molar-refractivity contribution >= 4 is 11.6 Å². The number of nitrogens with one attached hydrogen (secondary N) is 1. The fourth-order valence-electron chi connectivity index (χ4n) is 3.77. The van der Waals surface area contributed by atoms with Gasteiger partial charge in [0, 0.05) is 43.4 Å². The lowest BCUT2D eigenvalue weighted by atomic mass is 10.0. The lowest BCUT2D eigenvalue weighted by molar-refractivity contribution is -0.387. The zero-order chi connectivity index (χ0) is 24.1. The number of aromatic nitrogens is 3. The standard InChI is InChI=1S/C23H25FN6O4/c1-16-2-4-18(13-19(16)23(31)25-6-7-28-8-10-34-11-9-28)21-15-29(27-26-21)14-17-3-5-20(24)22(12-17)30(32)33/h2-5,12-13,15H,6-11,14H2,1H3,(H,25,31). The van der Waals surface area contributed by atoms with Crippen molar-refractivity contribution in [3.63, 3.8) is 0 Å². The third-order valence-electron chi connectivity index (χ3n) is 5.69. The van der Waals surface area contributed by atoms with E-state index in [1.807, 2.05) is 19.1 Å². The number of halogens is 1. The van der Waals surface area contributed by atoms with Gasteiger partial charge < -0.3 is 10.1 Å². The number of carbonyl (C=O) groups excluding carboxylic acids is 1. The number of carbonyl (C=O) groups is 1. The van der Waals surface area contributed by atoms with Crippen molar-refractivity contribution in [1.29, 1.82) is 0 Å². The minimum Gasteiger partial charge on any atom is -0.379 e. The molecular weight excluding hydrogens is 443 g/mol. The van der Waals surface area contributed by atoms with E-state index < -0.39 is 16.4 Å². The predicted octanol–water partition coefficient (Wildman–Crippen LogP) is 2.41. The van der Waals surface area contributed by atoms with Crippen molar-refractivity contribution in [1.82, 2.24) is 25.2 Å². The van der Waals surface area contributed by atoms with E-state index in [9.17, 15) is 19.3 Å². The van der Waals surface area contributed by atoms with Crippen LogP contribution >= 0.6 is 0 Å². The maximum atomic E-state index is 13.6. The molecule has 2 aromatic carbocycles. The number of nitro groups is 1. The molecule has 0 radical (unpaired) electrons. The van der Waals surface area contributed by atoms with Gasteiger partial charge in [-0.3, -0.25) is 19.8 Å². The van der Waals surface area contributed by atoms with Crippen molar-refractivity contribution in [2.75, 3.05) is 39.4 Å². The Morgan fingerprint density at radius 1 is 1.24 bits per heavy atom. The van der Waals surface area contributed by atoms with Crippen LogP contribution in [0.5, 0.6) is 0 Å². The molecule has 1 aliphatic heterocycles. The molecule has 2 heterocycles. The Bertz CT molecular complexity index is 1190. The second-order valence-electron chi connectivity index (χ2n) is 8.08. The van der Waals surface area contributed by atoms with Crippen LogP contribution in [0.25, 0.3) is 11.3 Å². The molecule has 1 N–H and O–H groups in total. The summed E-state index contributed by atoms with van der Waals surface area (Å²) in [6.45, 7) is 6.54. The van der Waals surface area contributed by atoms with E-state index in [1.165, 1.54) is 16.8 Å². The summed E-state index contributed by atoms with van der Waals surface area (Å²) in [6, 6.07) is 9.20. The van der Waals surface area contributed by atoms with E-state index in [4.69, 9.17) is 4.74 Å². The molecule has 0 atom stereocenters. The first-order valence-corrected chi connectivity index (χ1v) is 10.9. The van der Waals surface area contributed by atoms with Crippen molar-refractivity contribution in [2.45, 2.75) is 13.5 Å². The number of nitro benzene ring substituents is 1. The molecule has 3 aromatic rings. The van der Waals surface area contributed by atoms with E-state index in [0.717, 1.165) is 36.8 Å². The zero-order valence-electron chi connectivity index (χ0n) is 18.7. The summed E-state index contributed by atoms with van der Waals surface area (Å²) in [5.41, 5.74) is 2.62. The minimum atomic E-state index is -0.886. The van der Waals surface area contributed by atoms with Gasteiger partial charge in [0.25, 0.3) is 5.91 Å². The Balaban J connectivity index is 1.43. The summed E-state index contributed by atoms with van der Waals surface area (Å²) >= 11 is 0. The Morgan fingerprint density at radius 3 is 2.79 bits per heavy atom. The molecule has 1 amide bonds. The van der Waals surface area contributed by atoms with Gasteiger partial charge in [-0.2, -0.15) is 4.39 Å². The van der Waals surface area contributed by atoms with E-state index >= 15 is 0 Å². The SMILES string of the molecule is Cc1ccc(-c2cn(Cc3ccc(F)c([N+](=O)[O-])c3)nn2)cc1C(=O)NCCN1CCOCC1. The first-order chi connectivity index (χ1) is 16.4. The van der Waals surface area contributed by atoms with Gasteiger partial charge in [0.1, 0.15) is 5.69 Å². The highest BCUT2D eigenvalue weighted by Crippen LogP contribution is 2.22. The normalized spacial score (nSPS) is 14.2. The number of rotatable bonds is 8. The highest BCUT2D eigenvalue weighted by Gasteiger charge is 2.16. The lowest BCUT2D eigenvalue weighted by Gasteiger charge is -2.26. The van der Waals surface area contributed by atoms with Gasteiger partial charge in [-0.25, -0.2) is 4.68 Å². The number of hydrogen-bond acceptors (Lipinski definition) is 7. The molecule has 4 rings (SSSR count). The van der Waals surface area contributed by atoms with Crippen molar-refractivity contribution in [3.05, 3.63) is 75.2 Å². The molecule has 34 heavy (non-hydrogen) atoms. The Morgan fingerprint density at radius 2 is 2.03 bits per heavy atom. The van der Waals surface area contributed by atoms with Gasteiger partial charge in [0.2, 0.25) is 5.82 Å². The fraction of sp³-hybridized carbons (Fsp3) is 0.348. The summed E-state index contributed by atoms with van der Waals surface area (Å²) < 4.78 is 20.4. The fourth-order valence-corrected chi connectivity index (χ4v) is 3.77. The molecule has 11 heteroatoms. The topological polar surface area (TPSA) is 115 Å². The summed E-state index contributed by atoms with van der Waals surface area (Å²) in [5, 5.41) is 22.2. The summed E-state index contributed by atoms with van der Waals surface area (Å²) in [4.78, 5) is 25.2. The average molecular weight is 468 g/mol. The number of aryl methyl sites for hydroxylation is 1. The number of amides is 1. The van der Waals surface area contributed by atoms with Crippen LogP contribution in [0.2, 0.25) is 0 Å². The van der Waals surface area contributed by atoms with Crippen LogP contribution in [-0.2, 0) is 11.3 Å². The molecular formula is C23H25FN6O4. The minimum absolute atomic E-state index is 0.154. The molecule has 0 saturated carbocycles. The molecule has 1 aliphatic rings. The molecule has 178 valence electrons. The molecule has 0 bridgehead atoms. The monoisotopic (exact) mass is 468 g/mol. The molecule has 10 nitrogen and oxygen atoms in total. The van der Waals surface area contributed by atoms with E-state index in [-0.39, 0.29) is 12.5 Å². The number of benzene rings is 2. The van der Waals surface area contributed by atoms with E-state index in [2.05, 4.69) is 20.5 Å². The quantitative estimate of drug-likeness (QED) is 0.399. The second-order valence-corrected chi connectivity index (χ2v) is 8.08. The first kappa shape index (κ1) is 23.5. The second kappa shape index (κ2) is 10.5. The van der Waals surface area contributed by atoms with E-state index in [0.29, 0.717) is 36.6 Å². The number of nitrogens with zero attached hydrogens (tertiary/aromatic N) is 5. The largest absolute Gasteiger partial charge is 0.379 e. The van der Waals surface area contributed by atoms with Crippen LogP contribution < -0.4 is 5.32 Å². The van der Waals surface area contributed by atoms with Gasteiger partial charge in [-0.05, 0) is 30.2 Å². The third-order valence-corrected chi connectivity index (χ3v) is 5.69. The number of morpholine rings is 1. The van der Waals surface area contributed by atoms with Crippen molar-refractivity contribution in [2.24, 2.45) is 0 Å². The van der Waals surface area contributed by atoms with Crippen LogP contribution in [0.1, 0.15) is 21.5 Å².